The van der Waals surface area contributed by atoms with E-state index in [4.69, 9.17) is 0 Å². The Labute approximate surface area is 104 Å². The number of hydrogen-bond donors (Lipinski definition) is 2. The number of aliphatic hydroxyl groups is 1. The highest BCUT2D eigenvalue weighted by Gasteiger charge is 2.35. The van der Waals surface area contributed by atoms with Crippen molar-refractivity contribution < 1.29 is 18.3 Å². The second-order valence-corrected chi connectivity index (χ2v) is 4.81. The third kappa shape index (κ3) is 2.52. The minimum Gasteiger partial charge on any atom is -0.385 e. The summed E-state index contributed by atoms with van der Waals surface area (Å²) < 4.78 is 37.9. The molecule has 2 N–H and O–H groups in total. The monoisotopic (exact) mass is 259 g/mol. The molecule has 2 nitrogen and oxygen atoms in total. The molecule has 100 valence electrons. The predicted octanol–water partition coefficient (Wildman–Crippen LogP) is 2.58. The van der Waals surface area contributed by atoms with Gasteiger partial charge in [-0.05, 0) is 50.0 Å². The SMILES string of the molecule is Cc1cc(C2(O)CCNCC2)ccc1C(F)(F)F. The Balaban J connectivity index is 2.34. The Bertz CT molecular complexity index is 436. The molecule has 0 radical (unpaired) electrons. The van der Waals surface area contributed by atoms with Crippen LogP contribution in [-0.4, -0.2) is 18.2 Å². The van der Waals surface area contributed by atoms with Gasteiger partial charge in [0.05, 0.1) is 11.2 Å². The van der Waals surface area contributed by atoms with Crippen LogP contribution in [0, 0.1) is 6.92 Å². The van der Waals surface area contributed by atoms with E-state index in [0.29, 0.717) is 31.5 Å². The van der Waals surface area contributed by atoms with Crippen molar-refractivity contribution in [3.8, 4) is 0 Å². The van der Waals surface area contributed by atoms with Crippen molar-refractivity contribution in [2.75, 3.05) is 13.1 Å². The van der Waals surface area contributed by atoms with Crippen molar-refractivity contribution in [2.24, 2.45) is 0 Å². The second-order valence-electron chi connectivity index (χ2n) is 4.81. The zero-order valence-electron chi connectivity index (χ0n) is 10.1. The van der Waals surface area contributed by atoms with Crippen LogP contribution in [-0.2, 0) is 11.8 Å². The molecule has 1 heterocycles. The fraction of sp³-hybridized carbons (Fsp3) is 0.538. The maximum atomic E-state index is 12.6. The Morgan fingerprint density at radius 1 is 1.22 bits per heavy atom. The highest BCUT2D eigenvalue weighted by atomic mass is 19.4. The van der Waals surface area contributed by atoms with Crippen LogP contribution in [0.5, 0.6) is 0 Å². The summed E-state index contributed by atoms with van der Waals surface area (Å²) in [5.41, 5.74) is -0.898. The molecule has 0 aliphatic carbocycles. The van der Waals surface area contributed by atoms with Gasteiger partial charge in [0, 0.05) is 0 Å². The number of hydrogen-bond acceptors (Lipinski definition) is 2. The second kappa shape index (κ2) is 4.55. The van der Waals surface area contributed by atoms with Crippen LogP contribution in [0.25, 0.3) is 0 Å². The van der Waals surface area contributed by atoms with E-state index in [0.717, 1.165) is 6.07 Å². The van der Waals surface area contributed by atoms with Crippen LogP contribution in [0.4, 0.5) is 13.2 Å². The number of nitrogens with one attached hydrogen (secondary N) is 1. The van der Waals surface area contributed by atoms with E-state index in [1.165, 1.54) is 19.1 Å². The maximum absolute atomic E-state index is 12.6. The highest BCUT2D eigenvalue weighted by Crippen LogP contribution is 2.36. The molecular formula is C13H16F3NO. The molecule has 5 heteroatoms. The predicted molar refractivity (Wildman–Crippen MR) is 62.2 cm³/mol. The first-order valence-electron chi connectivity index (χ1n) is 5.94. The minimum absolute atomic E-state index is 0.159. The molecule has 1 aromatic carbocycles. The van der Waals surface area contributed by atoms with Crippen LogP contribution in [0.15, 0.2) is 18.2 Å². The van der Waals surface area contributed by atoms with Gasteiger partial charge in [-0.1, -0.05) is 12.1 Å². The lowest BCUT2D eigenvalue weighted by molar-refractivity contribution is -0.138. The first kappa shape index (κ1) is 13.4. The van der Waals surface area contributed by atoms with Gasteiger partial charge in [-0.25, -0.2) is 0 Å². The summed E-state index contributed by atoms with van der Waals surface area (Å²) >= 11 is 0. The molecule has 1 aromatic rings. The van der Waals surface area contributed by atoms with E-state index >= 15 is 0 Å². The van der Waals surface area contributed by atoms with Crippen LogP contribution < -0.4 is 5.32 Å². The standard InChI is InChI=1S/C13H16F3NO/c1-9-8-10(2-3-11(9)13(14,15)16)12(18)4-6-17-7-5-12/h2-3,8,17-18H,4-7H2,1H3. The van der Waals surface area contributed by atoms with E-state index in [-0.39, 0.29) is 5.56 Å². The van der Waals surface area contributed by atoms with Crippen molar-refractivity contribution in [1.29, 1.82) is 0 Å². The topological polar surface area (TPSA) is 32.3 Å². The number of alkyl halides is 3. The number of aryl methyl sites for hydroxylation is 1. The molecule has 0 spiro atoms. The van der Waals surface area contributed by atoms with Crippen LogP contribution in [0.3, 0.4) is 0 Å². The van der Waals surface area contributed by atoms with Gasteiger partial charge in [0.2, 0.25) is 0 Å². The van der Waals surface area contributed by atoms with Crippen molar-refractivity contribution >= 4 is 0 Å². The van der Waals surface area contributed by atoms with Gasteiger partial charge >= 0.3 is 6.18 Å². The molecule has 1 fully saturated rings. The molecular weight excluding hydrogens is 243 g/mol. The Morgan fingerprint density at radius 3 is 2.33 bits per heavy atom. The fourth-order valence-corrected chi connectivity index (χ4v) is 2.40. The summed E-state index contributed by atoms with van der Waals surface area (Å²) in [6.45, 7) is 2.78. The Hall–Kier alpha value is -1.07. The van der Waals surface area contributed by atoms with Crippen molar-refractivity contribution in [3.05, 3.63) is 34.9 Å². The average Bonchev–Trinajstić information content (AvgIpc) is 2.28. The normalized spacial score (nSPS) is 19.8. The lowest BCUT2D eigenvalue weighted by atomic mass is 9.84. The number of benzene rings is 1. The van der Waals surface area contributed by atoms with Gasteiger partial charge in [-0.2, -0.15) is 13.2 Å². The zero-order chi connectivity index (χ0) is 13.4. The first-order valence-corrected chi connectivity index (χ1v) is 5.94. The lowest BCUT2D eigenvalue weighted by Gasteiger charge is -2.33. The zero-order valence-corrected chi connectivity index (χ0v) is 10.1. The van der Waals surface area contributed by atoms with Crippen molar-refractivity contribution in [3.63, 3.8) is 0 Å². The third-order valence-corrected chi connectivity index (χ3v) is 3.50. The molecule has 1 saturated heterocycles. The molecule has 18 heavy (non-hydrogen) atoms. The van der Waals surface area contributed by atoms with Crippen molar-refractivity contribution in [1.82, 2.24) is 5.32 Å². The van der Waals surface area contributed by atoms with Crippen LogP contribution >= 0.6 is 0 Å². The quantitative estimate of drug-likeness (QED) is 0.812. The molecule has 0 amide bonds. The lowest BCUT2D eigenvalue weighted by Crippen LogP contribution is -2.39. The van der Waals surface area contributed by atoms with Crippen LogP contribution in [0.1, 0.15) is 29.5 Å². The number of piperidine rings is 1. The largest absolute Gasteiger partial charge is 0.416 e. The van der Waals surface area contributed by atoms with E-state index in [1.54, 1.807) is 0 Å². The van der Waals surface area contributed by atoms with E-state index in [9.17, 15) is 18.3 Å². The smallest absolute Gasteiger partial charge is 0.385 e. The number of rotatable bonds is 1. The Kier molecular flexibility index (Phi) is 3.38. The van der Waals surface area contributed by atoms with E-state index < -0.39 is 17.3 Å². The van der Waals surface area contributed by atoms with E-state index in [1.807, 2.05) is 0 Å². The van der Waals surface area contributed by atoms with Crippen LogP contribution in [0.2, 0.25) is 0 Å². The summed E-state index contributed by atoms with van der Waals surface area (Å²) in [5.74, 6) is 0. The molecule has 2 rings (SSSR count). The molecule has 1 aliphatic heterocycles. The maximum Gasteiger partial charge on any atom is 0.416 e. The summed E-state index contributed by atoms with van der Waals surface area (Å²) in [5, 5.41) is 13.6. The van der Waals surface area contributed by atoms with Gasteiger partial charge in [-0.15, -0.1) is 0 Å². The summed E-state index contributed by atoms with van der Waals surface area (Å²) in [7, 11) is 0. The first-order chi connectivity index (χ1) is 8.33. The summed E-state index contributed by atoms with van der Waals surface area (Å²) in [6, 6.07) is 3.90. The minimum atomic E-state index is -4.33. The van der Waals surface area contributed by atoms with Gasteiger partial charge in [0.25, 0.3) is 0 Å². The van der Waals surface area contributed by atoms with Gasteiger partial charge < -0.3 is 10.4 Å². The summed E-state index contributed by atoms with van der Waals surface area (Å²) in [6.07, 6.45) is -3.28. The summed E-state index contributed by atoms with van der Waals surface area (Å²) in [4.78, 5) is 0. The molecule has 0 unspecified atom stereocenters. The van der Waals surface area contributed by atoms with Gasteiger partial charge in [-0.3, -0.25) is 0 Å². The molecule has 0 bridgehead atoms. The van der Waals surface area contributed by atoms with Gasteiger partial charge in [0.15, 0.2) is 0 Å². The van der Waals surface area contributed by atoms with E-state index in [2.05, 4.69) is 5.32 Å². The molecule has 0 atom stereocenters. The number of halogens is 3. The highest BCUT2D eigenvalue weighted by molar-refractivity contribution is 5.36. The van der Waals surface area contributed by atoms with Gasteiger partial charge in [0.1, 0.15) is 0 Å². The third-order valence-electron chi connectivity index (χ3n) is 3.50. The molecule has 0 aromatic heterocycles. The van der Waals surface area contributed by atoms with Crippen molar-refractivity contribution in [2.45, 2.75) is 31.5 Å². The average molecular weight is 259 g/mol. The molecule has 1 aliphatic rings. The molecule has 0 saturated carbocycles. The fourth-order valence-electron chi connectivity index (χ4n) is 2.40. The Morgan fingerprint density at radius 2 is 1.83 bits per heavy atom.